The van der Waals surface area contributed by atoms with Crippen molar-refractivity contribution in [1.29, 1.82) is 0 Å². The molecule has 0 heterocycles. The van der Waals surface area contributed by atoms with Gasteiger partial charge in [-0.1, -0.05) is 52.3 Å². The predicted octanol–water partition coefficient (Wildman–Crippen LogP) is 3.63. The molecule has 2 rings (SSSR count). The van der Waals surface area contributed by atoms with Gasteiger partial charge in [0.05, 0.1) is 0 Å². The van der Waals surface area contributed by atoms with Crippen LogP contribution in [0.2, 0.25) is 0 Å². The molecule has 0 saturated heterocycles. The van der Waals surface area contributed by atoms with E-state index >= 15 is 0 Å². The largest absolute Gasteiger partial charge is 0.338 e. The van der Waals surface area contributed by atoms with Crippen LogP contribution in [-0.4, -0.2) is 12.6 Å². The van der Waals surface area contributed by atoms with Crippen LogP contribution in [0.1, 0.15) is 11.1 Å². The van der Waals surface area contributed by atoms with Crippen molar-refractivity contribution < 1.29 is 9.18 Å². The fraction of sp³-hybridized carbons (Fsp3) is 0.188. The molecule has 0 radical (unpaired) electrons. The molecule has 0 aromatic heterocycles. The van der Waals surface area contributed by atoms with E-state index in [2.05, 4.69) is 26.6 Å². The number of amides is 2. The first-order valence-corrected chi connectivity index (χ1v) is 7.44. The first kappa shape index (κ1) is 15.5. The Balaban J connectivity index is 1.73. The Labute approximate surface area is 131 Å². The lowest BCUT2D eigenvalue weighted by Gasteiger charge is -2.09. The zero-order valence-electron chi connectivity index (χ0n) is 11.4. The summed E-state index contributed by atoms with van der Waals surface area (Å²) < 4.78 is 14.3. The van der Waals surface area contributed by atoms with E-state index in [4.69, 9.17) is 0 Å². The Bertz CT molecular complexity index is 619. The summed E-state index contributed by atoms with van der Waals surface area (Å²) in [7, 11) is 0. The van der Waals surface area contributed by atoms with Crippen molar-refractivity contribution in [2.24, 2.45) is 0 Å². The van der Waals surface area contributed by atoms with Crippen LogP contribution in [0, 0.1) is 5.82 Å². The maximum absolute atomic E-state index is 13.4. The Morgan fingerprint density at radius 1 is 1.00 bits per heavy atom. The van der Waals surface area contributed by atoms with E-state index in [1.54, 1.807) is 18.2 Å². The molecule has 0 bridgehead atoms. The molecule has 3 nitrogen and oxygen atoms in total. The molecule has 0 aliphatic carbocycles. The van der Waals surface area contributed by atoms with Gasteiger partial charge in [-0.15, -0.1) is 0 Å². The van der Waals surface area contributed by atoms with Gasteiger partial charge in [-0.05, 0) is 29.7 Å². The fourth-order valence-electron chi connectivity index (χ4n) is 1.89. The number of urea groups is 1. The van der Waals surface area contributed by atoms with Gasteiger partial charge in [0.1, 0.15) is 5.82 Å². The van der Waals surface area contributed by atoms with Gasteiger partial charge in [0, 0.05) is 17.6 Å². The van der Waals surface area contributed by atoms with Gasteiger partial charge in [-0.25, -0.2) is 9.18 Å². The fourth-order valence-corrected chi connectivity index (χ4v) is 2.32. The minimum absolute atomic E-state index is 0.243. The van der Waals surface area contributed by atoms with Crippen molar-refractivity contribution in [2.45, 2.75) is 13.0 Å². The average Bonchev–Trinajstić information content (AvgIpc) is 2.48. The Hall–Kier alpha value is -1.88. The van der Waals surface area contributed by atoms with Crippen LogP contribution in [0.25, 0.3) is 0 Å². The van der Waals surface area contributed by atoms with Crippen LogP contribution >= 0.6 is 15.9 Å². The lowest BCUT2D eigenvalue weighted by Crippen LogP contribution is -2.36. The summed E-state index contributed by atoms with van der Waals surface area (Å²) in [6.07, 6.45) is 0.467. The molecule has 0 unspecified atom stereocenters. The zero-order chi connectivity index (χ0) is 15.1. The van der Waals surface area contributed by atoms with Crippen LogP contribution in [-0.2, 0) is 13.0 Å². The van der Waals surface area contributed by atoms with E-state index in [0.717, 1.165) is 10.0 Å². The molecule has 2 aromatic carbocycles. The first-order valence-electron chi connectivity index (χ1n) is 6.65. The summed E-state index contributed by atoms with van der Waals surface area (Å²) in [6.45, 7) is 0.829. The topological polar surface area (TPSA) is 41.1 Å². The SMILES string of the molecule is O=C(NCCc1ccccc1F)NCc1ccccc1Br. The summed E-state index contributed by atoms with van der Waals surface area (Å²) in [6, 6.07) is 14.0. The molecular formula is C16H16BrFN2O. The molecule has 0 atom stereocenters. The van der Waals surface area contributed by atoms with Gasteiger partial charge in [0.25, 0.3) is 0 Å². The number of carbonyl (C=O) groups excluding carboxylic acids is 1. The summed E-state index contributed by atoms with van der Waals surface area (Å²) >= 11 is 3.42. The Kier molecular flexibility index (Phi) is 5.75. The van der Waals surface area contributed by atoms with Gasteiger partial charge >= 0.3 is 6.03 Å². The highest BCUT2D eigenvalue weighted by Gasteiger charge is 2.04. The molecule has 2 aromatic rings. The molecule has 0 aliphatic heterocycles. The lowest BCUT2D eigenvalue weighted by molar-refractivity contribution is 0.240. The second kappa shape index (κ2) is 7.78. The maximum Gasteiger partial charge on any atom is 0.315 e. The minimum Gasteiger partial charge on any atom is -0.338 e. The molecule has 2 amide bonds. The molecule has 5 heteroatoms. The summed E-state index contributed by atoms with van der Waals surface area (Å²) in [5.41, 5.74) is 1.60. The number of benzene rings is 2. The summed E-state index contributed by atoms with van der Waals surface area (Å²) in [5.74, 6) is -0.243. The molecular weight excluding hydrogens is 335 g/mol. The molecule has 2 N–H and O–H groups in total. The van der Waals surface area contributed by atoms with Crippen LogP contribution < -0.4 is 10.6 Å². The average molecular weight is 351 g/mol. The van der Waals surface area contributed by atoms with E-state index in [1.165, 1.54) is 6.07 Å². The van der Waals surface area contributed by atoms with Gasteiger partial charge in [-0.2, -0.15) is 0 Å². The van der Waals surface area contributed by atoms with Crippen molar-refractivity contribution >= 4 is 22.0 Å². The maximum atomic E-state index is 13.4. The zero-order valence-corrected chi connectivity index (χ0v) is 13.0. The van der Waals surface area contributed by atoms with Crippen LogP contribution in [0.3, 0.4) is 0 Å². The monoisotopic (exact) mass is 350 g/mol. The van der Waals surface area contributed by atoms with Gasteiger partial charge in [0.15, 0.2) is 0 Å². The van der Waals surface area contributed by atoms with Crippen molar-refractivity contribution in [3.63, 3.8) is 0 Å². The highest BCUT2D eigenvalue weighted by Crippen LogP contribution is 2.15. The summed E-state index contributed by atoms with van der Waals surface area (Å²) in [4.78, 5) is 11.7. The standard InChI is InChI=1S/C16H16BrFN2O/c17-14-7-3-1-6-13(14)11-20-16(21)19-10-9-12-5-2-4-8-15(12)18/h1-8H,9-11H2,(H2,19,20,21). The van der Waals surface area contributed by atoms with E-state index < -0.39 is 0 Å². The molecule has 0 spiro atoms. The normalized spacial score (nSPS) is 10.2. The lowest BCUT2D eigenvalue weighted by atomic mass is 10.1. The van der Waals surface area contributed by atoms with Crippen LogP contribution in [0.15, 0.2) is 53.0 Å². The molecule has 21 heavy (non-hydrogen) atoms. The third-order valence-electron chi connectivity index (χ3n) is 3.03. The minimum atomic E-state index is -0.262. The van der Waals surface area contributed by atoms with Gasteiger partial charge in [-0.3, -0.25) is 0 Å². The third kappa shape index (κ3) is 4.86. The third-order valence-corrected chi connectivity index (χ3v) is 3.81. The number of rotatable bonds is 5. The second-order valence-corrected chi connectivity index (χ2v) is 5.40. The van der Waals surface area contributed by atoms with E-state index in [0.29, 0.717) is 25.1 Å². The number of carbonyl (C=O) groups is 1. The molecule has 0 aliphatic rings. The van der Waals surface area contributed by atoms with Crippen molar-refractivity contribution in [3.8, 4) is 0 Å². The van der Waals surface area contributed by atoms with Crippen molar-refractivity contribution in [3.05, 3.63) is 69.9 Å². The van der Waals surface area contributed by atoms with E-state index in [1.807, 2.05) is 24.3 Å². The van der Waals surface area contributed by atoms with E-state index in [9.17, 15) is 9.18 Å². The number of halogens is 2. The van der Waals surface area contributed by atoms with Crippen molar-refractivity contribution in [2.75, 3.05) is 6.54 Å². The second-order valence-electron chi connectivity index (χ2n) is 4.54. The first-order chi connectivity index (χ1) is 10.2. The highest BCUT2D eigenvalue weighted by molar-refractivity contribution is 9.10. The van der Waals surface area contributed by atoms with Gasteiger partial charge < -0.3 is 10.6 Å². The molecule has 0 fully saturated rings. The predicted molar refractivity (Wildman–Crippen MR) is 84.5 cm³/mol. The van der Waals surface area contributed by atoms with Crippen molar-refractivity contribution in [1.82, 2.24) is 10.6 Å². The highest BCUT2D eigenvalue weighted by atomic mass is 79.9. The molecule has 110 valence electrons. The summed E-state index contributed by atoms with van der Waals surface area (Å²) in [5, 5.41) is 5.48. The van der Waals surface area contributed by atoms with Crippen LogP contribution in [0.4, 0.5) is 9.18 Å². The smallest absolute Gasteiger partial charge is 0.315 e. The quantitative estimate of drug-likeness (QED) is 0.849. The van der Waals surface area contributed by atoms with E-state index in [-0.39, 0.29) is 11.8 Å². The number of nitrogens with one attached hydrogen (secondary N) is 2. The van der Waals surface area contributed by atoms with Crippen LogP contribution in [0.5, 0.6) is 0 Å². The number of hydrogen-bond acceptors (Lipinski definition) is 1. The van der Waals surface area contributed by atoms with Gasteiger partial charge in [0.2, 0.25) is 0 Å². The Morgan fingerprint density at radius 2 is 1.67 bits per heavy atom. The Morgan fingerprint density at radius 3 is 2.38 bits per heavy atom. The number of hydrogen-bond donors (Lipinski definition) is 2. The molecule has 0 saturated carbocycles.